The fourth-order valence-electron chi connectivity index (χ4n) is 5.33. The maximum Gasteiger partial charge on any atom is 0.271 e. The van der Waals surface area contributed by atoms with E-state index in [1.54, 1.807) is 29.6 Å². The van der Waals surface area contributed by atoms with Crippen molar-refractivity contribution in [2.45, 2.75) is 64.7 Å². The number of furan rings is 2. The molecule has 3 aromatic rings. The van der Waals surface area contributed by atoms with Crippen molar-refractivity contribution in [3.05, 3.63) is 60.4 Å². The van der Waals surface area contributed by atoms with E-state index >= 15 is 0 Å². The highest BCUT2D eigenvalue weighted by molar-refractivity contribution is 6.00. The molecule has 3 aromatic heterocycles. The van der Waals surface area contributed by atoms with Gasteiger partial charge in [-0.2, -0.15) is 0 Å². The van der Waals surface area contributed by atoms with Gasteiger partial charge in [0.2, 0.25) is 5.91 Å². The summed E-state index contributed by atoms with van der Waals surface area (Å²) in [5.74, 6) is 1.95. The molecule has 4 atom stereocenters. The van der Waals surface area contributed by atoms with Crippen molar-refractivity contribution >= 4 is 11.8 Å². The summed E-state index contributed by atoms with van der Waals surface area (Å²) in [6, 6.07) is 11.1. The van der Waals surface area contributed by atoms with Gasteiger partial charge >= 0.3 is 0 Å². The highest BCUT2D eigenvalue weighted by atomic mass is 16.3. The topological polar surface area (TPSA) is 80.6 Å². The Kier molecular flexibility index (Phi) is 5.43. The molecule has 4 heterocycles. The molecule has 7 heteroatoms. The number of aromatic nitrogens is 1. The monoisotopic (exact) mass is 449 g/mol. The molecule has 1 saturated carbocycles. The first-order chi connectivity index (χ1) is 15.9. The summed E-state index contributed by atoms with van der Waals surface area (Å²) >= 11 is 0. The van der Waals surface area contributed by atoms with Gasteiger partial charge in [-0.15, -0.1) is 0 Å². The molecule has 174 valence electrons. The maximum atomic E-state index is 13.9. The van der Waals surface area contributed by atoms with E-state index in [1.807, 2.05) is 35.8 Å². The third-order valence-electron chi connectivity index (χ3n) is 7.69. The summed E-state index contributed by atoms with van der Waals surface area (Å²) in [6.07, 6.45) is 6.45. The van der Waals surface area contributed by atoms with Crippen molar-refractivity contribution in [2.24, 2.45) is 11.8 Å². The minimum Gasteiger partial charge on any atom is -0.467 e. The summed E-state index contributed by atoms with van der Waals surface area (Å²) in [4.78, 5) is 29.2. The Bertz CT molecular complexity index is 1130. The molecule has 0 aromatic carbocycles. The fraction of sp³-hybridized carbons (Fsp3) is 0.462. The van der Waals surface area contributed by atoms with Gasteiger partial charge < -0.3 is 23.6 Å². The molecule has 0 spiro atoms. The van der Waals surface area contributed by atoms with Crippen molar-refractivity contribution < 1.29 is 18.4 Å². The lowest BCUT2D eigenvalue weighted by Gasteiger charge is -2.45. The van der Waals surface area contributed by atoms with E-state index in [0.717, 1.165) is 18.5 Å². The molecule has 0 unspecified atom stereocenters. The highest BCUT2D eigenvalue weighted by Gasteiger charge is 2.49. The van der Waals surface area contributed by atoms with E-state index in [1.165, 1.54) is 6.42 Å². The number of rotatable bonds is 5. The van der Waals surface area contributed by atoms with Gasteiger partial charge in [0.25, 0.3) is 5.91 Å². The second kappa shape index (κ2) is 8.28. The quantitative estimate of drug-likeness (QED) is 0.612. The Morgan fingerprint density at radius 1 is 1.09 bits per heavy atom. The second-order valence-electron chi connectivity index (χ2n) is 9.76. The third-order valence-corrected chi connectivity index (χ3v) is 7.69. The second-order valence-corrected chi connectivity index (χ2v) is 9.76. The van der Waals surface area contributed by atoms with Crippen molar-refractivity contribution in [1.82, 2.24) is 14.8 Å². The Labute approximate surface area is 193 Å². The van der Waals surface area contributed by atoms with Gasteiger partial charge in [-0.3, -0.25) is 9.59 Å². The number of amides is 2. The highest BCUT2D eigenvalue weighted by Crippen LogP contribution is 2.35. The normalized spacial score (nSPS) is 27.4. The Balaban J connectivity index is 1.51. The van der Waals surface area contributed by atoms with Crippen LogP contribution in [0.25, 0.3) is 11.5 Å². The van der Waals surface area contributed by atoms with Gasteiger partial charge in [0.15, 0.2) is 0 Å². The van der Waals surface area contributed by atoms with Gasteiger partial charge in [0.1, 0.15) is 22.8 Å². The van der Waals surface area contributed by atoms with Crippen LogP contribution in [-0.2, 0) is 17.9 Å². The summed E-state index contributed by atoms with van der Waals surface area (Å²) in [7, 11) is 0. The van der Waals surface area contributed by atoms with Gasteiger partial charge in [0.05, 0.1) is 31.3 Å². The number of fused-ring (bicyclic) bond motifs is 1. The lowest BCUT2D eigenvalue weighted by Crippen LogP contribution is -2.65. The van der Waals surface area contributed by atoms with Crippen LogP contribution < -0.4 is 5.32 Å². The zero-order chi connectivity index (χ0) is 23.2. The number of hydrogen-bond acceptors (Lipinski definition) is 4. The van der Waals surface area contributed by atoms with E-state index in [0.29, 0.717) is 35.6 Å². The Morgan fingerprint density at radius 3 is 2.58 bits per heavy atom. The predicted octanol–water partition coefficient (Wildman–Crippen LogP) is 4.70. The molecule has 1 aliphatic carbocycles. The van der Waals surface area contributed by atoms with Crippen LogP contribution in [0.4, 0.5) is 0 Å². The summed E-state index contributed by atoms with van der Waals surface area (Å²) < 4.78 is 13.1. The van der Waals surface area contributed by atoms with E-state index in [-0.39, 0.29) is 24.4 Å². The first kappa shape index (κ1) is 21.6. The largest absolute Gasteiger partial charge is 0.467 e. The first-order valence-electron chi connectivity index (χ1n) is 11.8. The molecule has 0 radical (unpaired) electrons. The van der Waals surface area contributed by atoms with Crippen LogP contribution in [0.5, 0.6) is 0 Å². The van der Waals surface area contributed by atoms with E-state index in [2.05, 4.69) is 19.2 Å². The standard InChI is InChI=1S/C26H31N3O4/c1-17-7-4-9-20(18(17)2)27-25(31)26(3)16-28-21(23-10-6-14-33-23)11-12-22(28)24(30)29(26)15-19-8-5-13-32-19/h5-6,8,10-14,17-18,20H,4,7,9,15-16H2,1-3H3,(H,27,31)/t17-,18+,20+,26+/m1/s1. The maximum absolute atomic E-state index is 13.9. The van der Waals surface area contributed by atoms with E-state index in [4.69, 9.17) is 8.83 Å². The van der Waals surface area contributed by atoms with Crippen LogP contribution in [0, 0.1) is 11.8 Å². The van der Waals surface area contributed by atoms with Crippen LogP contribution in [0.15, 0.2) is 57.8 Å². The Morgan fingerprint density at radius 2 is 1.85 bits per heavy atom. The minimum atomic E-state index is -1.09. The van der Waals surface area contributed by atoms with E-state index < -0.39 is 5.54 Å². The molecule has 1 N–H and O–H groups in total. The third kappa shape index (κ3) is 3.69. The molecule has 2 amide bonds. The lowest BCUT2D eigenvalue weighted by molar-refractivity contribution is -0.134. The summed E-state index contributed by atoms with van der Waals surface area (Å²) in [5, 5.41) is 3.32. The molecular weight excluding hydrogens is 418 g/mol. The number of nitrogens with one attached hydrogen (secondary N) is 1. The van der Waals surface area contributed by atoms with Crippen molar-refractivity contribution in [1.29, 1.82) is 0 Å². The molecular formula is C26H31N3O4. The number of hydrogen-bond donors (Lipinski definition) is 1. The number of carbonyl (C=O) groups excluding carboxylic acids is 2. The van der Waals surface area contributed by atoms with Crippen LogP contribution in [0.1, 0.15) is 56.3 Å². The molecule has 33 heavy (non-hydrogen) atoms. The van der Waals surface area contributed by atoms with Crippen molar-refractivity contribution in [2.75, 3.05) is 0 Å². The number of carbonyl (C=O) groups is 2. The average molecular weight is 450 g/mol. The smallest absolute Gasteiger partial charge is 0.271 e. The molecule has 7 nitrogen and oxygen atoms in total. The molecule has 5 rings (SSSR count). The van der Waals surface area contributed by atoms with Gasteiger partial charge in [-0.1, -0.05) is 26.7 Å². The first-order valence-corrected chi connectivity index (χ1v) is 11.8. The lowest BCUT2D eigenvalue weighted by atomic mass is 9.77. The van der Waals surface area contributed by atoms with Crippen LogP contribution in [-0.4, -0.2) is 32.9 Å². The van der Waals surface area contributed by atoms with Crippen LogP contribution in [0.3, 0.4) is 0 Å². The van der Waals surface area contributed by atoms with Gasteiger partial charge in [-0.25, -0.2) is 0 Å². The van der Waals surface area contributed by atoms with Crippen LogP contribution >= 0.6 is 0 Å². The molecule has 0 bridgehead atoms. The average Bonchev–Trinajstić information content (AvgIpc) is 3.56. The van der Waals surface area contributed by atoms with Crippen LogP contribution in [0.2, 0.25) is 0 Å². The molecule has 2 aliphatic rings. The predicted molar refractivity (Wildman–Crippen MR) is 123 cm³/mol. The van der Waals surface area contributed by atoms with Gasteiger partial charge in [-0.05, 0) is 61.6 Å². The molecule has 0 saturated heterocycles. The van der Waals surface area contributed by atoms with E-state index in [9.17, 15) is 9.59 Å². The number of nitrogens with zero attached hydrogens (tertiary/aromatic N) is 2. The van der Waals surface area contributed by atoms with Crippen molar-refractivity contribution in [3.8, 4) is 11.5 Å². The zero-order valence-electron chi connectivity index (χ0n) is 19.4. The minimum absolute atomic E-state index is 0.106. The van der Waals surface area contributed by atoms with Gasteiger partial charge in [0, 0.05) is 6.04 Å². The summed E-state index contributed by atoms with van der Waals surface area (Å²) in [6.45, 7) is 6.88. The fourth-order valence-corrected chi connectivity index (χ4v) is 5.33. The zero-order valence-corrected chi connectivity index (χ0v) is 19.4. The molecule has 1 aliphatic heterocycles. The molecule has 1 fully saturated rings. The van der Waals surface area contributed by atoms with Crippen molar-refractivity contribution in [3.63, 3.8) is 0 Å². The Hall–Kier alpha value is -3.22. The summed E-state index contributed by atoms with van der Waals surface area (Å²) in [5.41, 5.74) is 0.245. The SMILES string of the molecule is C[C@H]1[C@H](C)CCC[C@@H]1NC(=O)[C@]1(C)Cn2c(ccc2-c2ccco2)C(=O)N1Cc1ccco1.